The molecule has 3 nitrogen and oxygen atoms in total. The molecule has 19 heavy (non-hydrogen) atoms. The van der Waals surface area contributed by atoms with E-state index in [1.54, 1.807) is 0 Å². The highest BCUT2D eigenvalue weighted by Crippen LogP contribution is 2.36. The van der Waals surface area contributed by atoms with Gasteiger partial charge in [-0.15, -0.1) is 11.6 Å². The van der Waals surface area contributed by atoms with Crippen molar-refractivity contribution in [3.63, 3.8) is 0 Å². The van der Waals surface area contributed by atoms with Crippen molar-refractivity contribution in [2.45, 2.75) is 12.6 Å². The van der Waals surface area contributed by atoms with Crippen LogP contribution in [-0.2, 0) is 16.2 Å². The number of rotatable bonds is 5. The van der Waals surface area contributed by atoms with E-state index in [0.717, 1.165) is 12.1 Å². The molecule has 0 amide bonds. The minimum Gasteiger partial charge on any atom is -0.284 e. The Labute approximate surface area is 118 Å². The zero-order valence-corrected chi connectivity index (χ0v) is 11.8. The molecule has 0 saturated carbocycles. The second-order valence-electron chi connectivity index (χ2n) is 3.66. The van der Waals surface area contributed by atoms with Gasteiger partial charge in [0.15, 0.2) is 0 Å². The zero-order valence-electron chi connectivity index (χ0n) is 9.47. The van der Waals surface area contributed by atoms with Gasteiger partial charge in [0, 0.05) is 11.6 Å². The normalized spacial score (nSPS) is 12.5. The fraction of sp³-hybridized carbons (Fsp3) is 0.400. The van der Waals surface area contributed by atoms with E-state index in [9.17, 15) is 21.6 Å². The number of sulfonamides is 1. The first-order valence-corrected chi connectivity index (χ1v) is 7.65. The second-order valence-corrected chi connectivity index (χ2v) is 6.28. The molecule has 1 rings (SSSR count). The van der Waals surface area contributed by atoms with E-state index in [1.165, 1.54) is 0 Å². The van der Waals surface area contributed by atoms with Gasteiger partial charge in [-0.1, -0.05) is 11.6 Å². The number of alkyl halides is 4. The summed E-state index contributed by atoms with van der Waals surface area (Å²) in [5, 5.41) is -0.490. The third-order valence-corrected chi connectivity index (χ3v) is 4.06. The highest BCUT2D eigenvalue weighted by atomic mass is 35.5. The Morgan fingerprint density at radius 2 is 1.89 bits per heavy atom. The number of anilines is 1. The third kappa shape index (κ3) is 5.08. The summed E-state index contributed by atoms with van der Waals surface area (Å²) in [5.41, 5.74) is -1.28. The van der Waals surface area contributed by atoms with E-state index < -0.39 is 26.8 Å². The Morgan fingerprint density at radius 3 is 2.42 bits per heavy atom. The standard InChI is InChI=1S/C10H10Cl2F3NO2S/c11-4-1-5-19(17,18)16-7-2-3-9(12)8(6-7)10(13,14)15/h2-3,6,16H,1,4-5H2. The summed E-state index contributed by atoms with van der Waals surface area (Å²) in [7, 11) is -3.72. The van der Waals surface area contributed by atoms with Gasteiger partial charge >= 0.3 is 6.18 Å². The van der Waals surface area contributed by atoms with Crippen molar-refractivity contribution >= 4 is 38.9 Å². The molecule has 0 radical (unpaired) electrons. The molecule has 0 unspecified atom stereocenters. The lowest BCUT2D eigenvalue weighted by atomic mass is 10.2. The highest BCUT2D eigenvalue weighted by molar-refractivity contribution is 7.92. The van der Waals surface area contributed by atoms with Gasteiger partial charge < -0.3 is 0 Å². The second kappa shape index (κ2) is 6.19. The number of halogens is 5. The van der Waals surface area contributed by atoms with Crippen molar-refractivity contribution in [2.75, 3.05) is 16.4 Å². The van der Waals surface area contributed by atoms with Crippen LogP contribution in [0.4, 0.5) is 18.9 Å². The molecular formula is C10H10Cl2F3NO2S. The average Bonchev–Trinajstić information content (AvgIpc) is 2.27. The van der Waals surface area contributed by atoms with E-state index in [1.807, 2.05) is 4.72 Å². The molecule has 0 aliphatic heterocycles. The Balaban J connectivity index is 2.98. The molecule has 0 aliphatic carbocycles. The van der Waals surface area contributed by atoms with Crippen LogP contribution in [0.5, 0.6) is 0 Å². The molecule has 0 aromatic heterocycles. The molecule has 108 valence electrons. The molecule has 0 bridgehead atoms. The van der Waals surface area contributed by atoms with E-state index in [0.29, 0.717) is 6.07 Å². The summed E-state index contributed by atoms with van der Waals surface area (Å²) in [5.74, 6) is -0.115. The Hall–Kier alpha value is -0.660. The van der Waals surface area contributed by atoms with Crippen LogP contribution < -0.4 is 4.72 Å². The fourth-order valence-corrected chi connectivity index (χ4v) is 2.91. The maximum atomic E-state index is 12.6. The van der Waals surface area contributed by atoms with E-state index in [4.69, 9.17) is 23.2 Å². The summed E-state index contributed by atoms with van der Waals surface area (Å²) in [6, 6.07) is 2.81. The van der Waals surface area contributed by atoms with Crippen LogP contribution in [-0.4, -0.2) is 20.1 Å². The predicted molar refractivity (Wildman–Crippen MR) is 69.2 cm³/mol. The van der Waals surface area contributed by atoms with Crippen molar-refractivity contribution < 1.29 is 21.6 Å². The van der Waals surface area contributed by atoms with Crippen LogP contribution in [0, 0.1) is 0 Å². The summed E-state index contributed by atoms with van der Waals surface area (Å²) in [4.78, 5) is 0. The molecule has 9 heteroatoms. The first-order chi connectivity index (χ1) is 8.65. The van der Waals surface area contributed by atoms with Gasteiger partial charge in [-0.3, -0.25) is 4.72 Å². The summed E-state index contributed by atoms with van der Waals surface area (Å²) < 4.78 is 62.8. The largest absolute Gasteiger partial charge is 0.417 e. The highest BCUT2D eigenvalue weighted by Gasteiger charge is 2.33. The van der Waals surface area contributed by atoms with Crippen LogP contribution in [0.25, 0.3) is 0 Å². The topological polar surface area (TPSA) is 46.2 Å². The lowest BCUT2D eigenvalue weighted by molar-refractivity contribution is -0.137. The molecule has 0 saturated heterocycles. The van der Waals surface area contributed by atoms with Crippen LogP contribution in [0.15, 0.2) is 18.2 Å². The first kappa shape index (κ1) is 16.4. The predicted octanol–water partition coefficient (Wildman–Crippen LogP) is 3.73. The minimum absolute atomic E-state index is 0.148. The molecule has 0 spiro atoms. The van der Waals surface area contributed by atoms with Gasteiger partial charge in [0.25, 0.3) is 0 Å². The molecular weight excluding hydrogens is 326 g/mol. The number of hydrogen-bond donors (Lipinski definition) is 1. The Bertz CT molecular complexity index is 546. The van der Waals surface area contributed by atoms with Gasteiger partial charge in [0.1, 0.15) is 0 Å². The summed E-state index contributed by atoms with van der Waals surface area (Å²) >= 11 is 10.8. The van der Waals surface area contributed by atoms with Crippen molar-refractivity contribution in [1.82, 2.24) is 0 Å². The maximum Gasteiger partial charge on any atom is 0.417 e. The van der Waals surface area contributed by atoms with Crippen molar-refractivity contribution in [2.24, 2.45) is 0 Å². The van der Waals surface area contributed by atoms with Crippen LogP contribution in [0.3, 0.4) is 0 Å². The van der Waals surface area contributed by atoms with Gasteiger partial charge in [-0.25, -0.2) is 8.42 Å². The zero-order chi connectivity index (χ0) is 14.7. The van der Waals surface area contributed by atoms with Gasteiger partial charge in [0.2, 0.25) is 10.0 Å². The monoisotopic (exact) mass is 335 g/mol. The van der Waals surface area contributed by atoms with E-state index >= 15 is 0 Å². The quantitative estimate of drug-likeness (QED) is 0.833. The SMILES string of the molecule is O=S(=O)(CCCCl)Nc1ccc(Cl)c(C(F)(F)F)c1. The van der Waals surface area contributed by atoms with E-state index in [-0.39, 0.29) is 23.7 Å². The van der Waals surface area contributed by atoms with Crippen molar-refractivity contribution in [1.29, 1.82) is 0 Å². The summed E-state index contributed by atoms with van der Waals surface area (Å²) in [6.45, 7) is 0. The Kier molecular flexibility index (Phi) is 5.34. The van der Waals surface area contributed by atoms with Crippen molar-refractivity contribution in [3.8, 4) is 0 Å². The minimum atomic E-state index is -4.64. The van der Waals surface area contributed by atoms with Gasteiger partial charge in [-0.2, -0.15) is 13.2 Å². The lowest BCUT2D eigenvalue weighted by Gasteiger charge is -2.12. The lowest BCUT2D eigenvalue weighted by Crippen LogP contribution is -2.17. The molecule has 0 atom stereocenters. The van der Waals surface area contributed by atoms with Crippen LogP contribution in [0.2, 0.25) is 5.02 Å². The number of hydrogen-bond acceptors (Lipinski definition) is 2. The third-order valence-electron chi connectivity index (χ3n) is 2.09. The van der Waals surface area contributed by atoms with Gasteiger partial charge in [-0.05, 0) is 24.6 Å². The maximum absolute atomic E-state index is 12.6. The number of benzene rings is 1. The van der Waals surface area contributed by atoms with Crippen LogP contribution in [0.1, 0.15) is 12.0 Å². The molecule has 1 aromatic rings. The molecule has 0 fully saturated rings. The molecule has 1 aromatic carbocycles. The number of nitrogens with one attached hydrogen (secondary N) is 1. The van der Waals surface area contributed by atoms with Crippen LogP contribution >= 0.6 is 23.2 Å². The molecule has 1 N–H and O–H groups in total. The fourth-order valence-electron chi connectivity index (χ4n) is 1.28. The smallest absolute Gasteiger partial charge is 0.284 e. The average molecular weight is 336 g/mol. The summed E-state index contributed by atoms with van der Waals surface area (Å²) in [6.07, 6.45) is -4.44. The first-order valence-electron chi connectivity index (χ1n) is 5.09. The van der Waals surface area contributed by atoms with Crippen molar-refractivity contribution in [3.05, 3.63) is 28.8 Å². The molecule has 0 aliphatic rings. The van der Waals surface area contributed by atoms with E-state index in [2.05, 4.69) is 0 Å². The molecule has 0 heterocycles. The Morgan fingerprint density at radius 1 is 1.26 bits per heavy atom. The van der Waals surface area contributed by atoms with Gasteiger partial charge in [0.05, 0.1) is 16.3 Å².